The van der Waals surface area contributed by atoms with Gasteiger partial charge in [-0.05, 0) is 38.8 Å². The van der Waals surface area contributed by atoms with Gasteiger partial charge in [-0.15, -0.1) is 5.06 Å². The van der Waals surface area contributed by atoms with Crippen molar-refractivity contribution in [2.75, 3.05) is 26.2 Å². The van der Waals surface area contributed by atoms with Crippen LogP contribution in [0.15, 0.2) is 0 Å². The Kier molecular flexibility index (Phi) is 9.00. The van der Waals surface area contributed by atoms with Crippen molar-refractivity contribution in [3.05, 3.63) is 0 Å². The van der Waals surface area contributed by atoms with E-state index < -0.39 is 24.0 Å². The third-order valence-corrected chi connectivity index (χ3v) is 5.04. The van der Waals surface area contributed by atoms with E-state index in [1.165, 1.54) is 26.7 Å². The van der Waals surface area contributed by atoms with E-state index in [1.54, 1.807) is 0 Å². The topological polar surface area (TPSA) is 88.2 Å². The first-order chi connectivity index (χ1) is 13.0. The minimum atomic E-state index is -0.547. The number of piperidine rings is 1. The predicted molar refractivity (Wildman–Crippen MR) is 99.7 cm³/mol. The first-order valence-corrected chi connectivity index (χ1v) is 10.1. The minimum Gasteiger partial charge on any atom is -0.459 e. The number of rotatable bonds is 7. The number of hydrogen-bond acceptors (Lipinski definition) is 6. The van der Waals surface area contributed by atoms with Gasteiger partial charge in [-0.2, -0.15) is 0 Å². The molecule has 1 saturated heterocycles. The van der Waals surface area contributed by atoms with E-state index >= 15 is 0 Å². The molecule has 0 aromatic heterocycles. The quantitative estimate of drug-likeness (QED) is 0.536. The van der Waals surface area contributed by atoms with Crippen LogP contribution >= 0.6 is 0 Å². The number of amides is 3. The van der Waals surface area contributed by atoms with Crippen molar-refractivity contribution in [2.24, 2.45) is 0 Å². The van der Waals surface area contributed by atoms with Gasteiger partial charge in [-0.25, -0.2) is 4.79 Å². The summed E-state index contributed by atoms with van der Waals surface area (Å²) >= 11 is 0. The highest BCUT2D eigenvalue weighted by molar-refractivity contribution is 5.91. The average Bonchev–Trinajstić information content (AvgIpc) is 2.62. The number of carbonyl (C=O) groups excluding carboxylic acids is 3. The lowest BCUT2D eigenvalue weighted by Crippen LogP contribution is -2.49. The molecule has 0 spiro atoms. The number of ether oxygens (including phenoxy) is 1. The largest absolute Gasteiger partial charge is 0.459 e. The fourth-order valence-corrected chi connectivity index (χ4v) is 3.72. The van der Waals surface area contributed by atoms with Crippen LogP contribution in [-0.4, -0.2) is 66.3 Å². The third kappa shape index (κ3) is 7.84. The maximum absolute atomic E-state index is 12.4. The van der Waals surface area contributed by atoms with Crippen molar-refractivity contribution in [1.82, 2.24) is 15.3 Å². The van der Waals surface area contributed by atoms with E-state index in [0.717, 1.165) is 56.7 Å². The highest BCUT2D eigenvalue weighted by Crippen LogP contribution is 2.18. The fourth-order valence-electron chi connectivity index (χ4n) is 3.72. The lowest BCUT2D eigenvalue weighted by Gasteiger charge is -2.31. The number of urea groups is 1. The molecule has 154 valence electrons. The molecule has 1 unspecified atom stereocenters. The minimum absolute atomic E-state index is 0.0340. The lowest BCUT2D eigenvalue weighted by atomic mass is 9.96. The average molecular weight is 383 g/mol. The molecule has 2 aliphatic rings. The normalized spacial score (nSPS) is 19.9. The molecule has 1 atom stereocenters. The van der Waals surface area contributed by atoms with Crippen LogP contribution in [0.1, 0.15) is 65.2 Å². The van der Waals surface area contributed by atoms with Gasteiger partial charge in [0.15, 0.2) is 0 Å². The van der Waals surface area contributed by atoms with Crippen LogP contribution in [0.2, 0.25) is 0 Å². The second-order valence-corrected chi connectivity index (χ2v) is 7.49. The number of hydrogen-bond donors (Lipinski definition) is 1. The molecule has 1 N–H and O–H groups in total. The Hall–Kier alpha value is -1.67. The summed E-state index contributed by atoms with van der Waals surface area (Å²) < 4.78 is 5.34. The molecular weight excluding hydrogens is 350 g/mol. The summed E-state index contributed by atoms with van der Waals surface area (Å²) in [6, 6.07) is -0.469. The lowest BCUT2D eigenvalue weighted by molar-refractivity contribution is -0.181. The van der Waals surface area contributed by atoms with Crippen LogP contribution in [0.4, 0.5) is 4.79 Å². The summed E-state index contributed by atoms with van der Waals surface area (Å²) in [6.07, 6.45) is 8.11. The van der Waals surface area contributed by atoms with E-state index in [0.29, 0.717) is 6.54 Å². The van der Waals surface area contributed by atoms with Crippen LogP contribution < -0.4 is 5.32 Å². The molecule has 0 aromatic carbocycles. The monoisotopic (exact) mass is 383 g/mol. The molecule has 1 saturated carbocycles. The predicted octanol–water partition coefficient (Wildman–Crippen LogP) is 2.23. The molecule has 0 aromatic rings. The van der Waals surface area contributed by atoms with E-state index in [2.05, 4.69) is 10.2 Å². The summed E-state index contributed by atoms with van der Waals surface area (Å²) in [4.78, 5) is 43.4. The molecular formula is C19H33N3O5. The van der Waals surface area contributed by atoms with Crippen molar-refractivity contribution in [1.29, 1.82) is 0 Å². The van der Waals surface area contributed by atoms with E-state index in [4.69, 9.17) is 9.57 Å². The first-order valence-electron chi connectivity index (χ1n) is 10.1. The van der Waals surface area contributed by atoms with Gasteiger partial charge in [0.05, 0.1) is 0 Å². The summed E-state index contributed by atoms with van der Waals surface area (Å²) in [6.45, 7) is 5.05. The Morgan fingerprint density at radius 2 is 1.67 bits per heavy atom. The van der Waals surface area contributed by atoms with Crippen molar-refractivity contribution >= 4 is 17.9 Å². The van der Waals surface area contributed by atoms with Gasteiger partial charge < -0.3 is 10.1 Å². The number of esters is 1. The summed E-state index contributed by atoms with van der Waals surface area (Å²) in [5.41, 5.74) is 0. The summed E-state index contributed by atoms with van der Waals surface area (Å²) in [5, 5.41) is 3.62. The number of likely N-dealkylation sites (tertiary alicyclic amines) is 1. The highest BCUT2D eigenvalue weighted by atomic mass is 16.7. The van der Waals surface area contributed by atoms with E-state index in [1.807, 2.05) is 0 Å². The molecule has 3 amide bonds. The molecule has 8 nitrogen and oxygen atoms in total. The second-order valence-electron chi connectivity index (χ2n) is 7.49. The van der Waals surface area contributed by atoms with Gasteiger partial charge in [0.25, 0.3) is 5.91 Å². The SMILES string of the molecule is CC(=O)OC(CON(C(C)=O)C(=O)NC1CCCCC1)CN1CCCCC1. The van der Waals surface area contributed by atoms with Gasteiger partial charge >= 0.3 is 12.0 Å². The first kappa shape index (κ1) is 21.6. The van der Waals surface area contributed by atoms with Crippen LogP contribution in [0.3, 0.4) is 0 Å². The number of imide groups is 1. The Bertz CT molecular complexity index is 502. The Balaban J connectivity index is 1.88. The van der Waals surface area contributed by atoms with Gasteiger partial charge in [-0.3, -0.25) is 19.3 Å². The Morgan fingerprint density at radius 1 is 1.04 bits per heavy atom. The maximum Gasteiger partial charge on any atom is 0.349 e. The van der Waals surface area contributed by atoms with Gasteiger partial charge in [-0.1, -0.05) is 25.7 Å². The van der Waals surface area contributed by atoms with Crippen molar-refractivity contribution in [3.63, 3.8) is 0 Å². The van der Waals surface area contributed by atoms with Crippen LogP contribution in [-0.2, 0) is 19.2 Å². The Labute approximate surface area is 161 Å². The molecule has 0 radical (unpaired) electrons. The standard InChI is InChI=1S/C19H33N3O5/c1-15(23)22(19(25)20-17-9-5-3-6-10-17)26-14-18(27-16(2)24)13-21-11-7-4-8-12-21/h17-18H,3-14H2,1-2H3,(H,20,25). The molecule has 0 bridgehead atoms. The van der Waals surface area contributed by atoms with Crippen molar-refractivity contribution in [2.45, 2.75) is 77.4 Å². The van der Waals surface area contributed by atoms with E-state index in [9.17, 15) is 14.4 Å². The van der Waals surface area contributed by atoms with Gasteiger partial charge in [0.2, 0.25) is 0 Å². The summed E-state index contributed by atoms with van der Waals surface area (Å²) in [5.74, 6) is -0.899. The molecule has 8 heteroatoms. The molecule has 2 fully saturated rings. The van der Waals surface area contributed by atoms with Gasteiger partial charge in [0.1, 0.15) is 12.7 Å². The summed E-state index contributed by atoms with van der Waals surface area (Å²) in [7, 11) is 0. The Morgan fingerprint density at radius 3 is 2.26 bits per heavy atom. The third-order valence-electron chi connectivity index (χ3n) is 5.04. The fraction of sp³-hybridized carbons (Fsp3) is 0.842. The van der Waals surface area contributed by atoms with Crippen LogP contribution in [0.25, 0.3) is 0 Å². The zero-order valence-corrected chi connectivity index (χ0v) is 16.6. The smallest absolute Gasteiger partial charge is 0.349 e. The van der Waals surface area contributed by atoms with Crippen molar-refractivity contribution in [3.8, 4) is 0 Å². The zero-order chi connectivity index (χ0) is 19.6. The molecule has 1 heterocycles. The second kappa shape index (κ2) is 11.2. The highest BCUT2D eigenvalue weighted by Gasteiger charge is 2.26. The molecule has 1 aliphatic heterocycles. The number of carbonyl (C=O) groups is 3. The number of nitrogens with one attached hydrogen (secondary N) is 1. The van der Waals surface area contributed by atoms with Crippen LogP contribution in [0.5, 0.6) is 0 Å². The van der Waals surface area contributed by atoms with Crippen molar-refractivity contribution < 1.29 is 24.0 Å². The molecule has 1 aliphatic carbocycles. The molecule has 27 heavy (non-hydrogen) atoms. The zero-order valence-electron chi connectivity index (χ0n) is 16.6. The number of nitrogens with zero attached hydrogens (tertiary/aromatic N) is 2. The molecule has 2 rings (SSSR count). The van der Waals surface area contributed by atoms with Gasteiger partial charge in [0, 0.05) is 26.4 Å². The van der Waals surface area contributed by atoms with Crippen LogP contribution in [0, 0.1) is 0 Å². The van der Waals surface area contributed by atoms with E-state index in [-0.39, 0.29) is 12.6 Å². The number of hydroxylamine groups is 2. The maximum atomic E-state index is 12.4.